The molecule has 1 fully saturated rings. The number of nitrogens with two attached hydrogens (primary N) is 1. The molecule has 0 amide bonds. The number of morpholine rings is 1. The minimum Gasteiger partial charge on any atom is -0.374 e. The van der Waals surface area contributed by atoms with Gasteiger partial charge in [-0.05, 0) is 33.1 Å². The average molecular weight is 254 g/mol. The first-order valence-corrected chi connectivity index (χ1v) is 7.37. The SMILES string of the molecule is C=CCCCCCC(N)C1CN(C(C)C)CCO1. The van der Waals surface area contributed by atoms with Crippen molar-refractivity contribution in [2.24, 2.45) is 5.73 Å². The van der Waals surface area contributed by atoms with Crippen molar-refractivity contribution in [3.8, 4) is 0 Å². The number of hydrogen-bond donors (Lipinski definition) is 1. The van der Waals surface area contributed by atoms with Gasteiger partial charge in [-0.15, -0.1) is 6.58 Å². The lowest BCUT2D eigenvalue weighted by Gasteiger charge is -2.37. The highest BCUT2D eigenvalue weighted by Crippen LogP contribution is 2.15. The first kappa shape index (κ1) is 15.7. The Morgan fingerprint density at radius 2 is 2.17 bits per heavy atom. The summed E-state index contributed by atoms with van der Waals surface area (Å²) in [5.74, 6) is 0. The third-order valence-electron chi connectivity index (χ3n) is 3.78. The number of allylic oxidation sites excluding steroid dienone is 1. The summed E-state index contributed by atoms with van der Waals surface area (Å²) in [6.07, 6.45) is 8.10. The molecule has 0 bridgehead atoms. The zero-order chi connectivity index (χ0) is 13.4. The van der Waals surface area contributed by atoms with E-state index in [0.29, 0.717) is 6.04 Å². The van der Waals surface area contributed by atoms with Crippen molar-refractivity contribution in [1.82, 2.24) is 4.90 Å². The molecule has 0 spiro atoms. The predicted molar refractivity (Wildman–Crippen MR) is 77.7 cm³/mol. The minimum absolute atomic E-state index is 0.190. The predicted octanol–water partition coefficient (Wildman–Crippen LogP) is 2.56. The molecule has 0 aromatic heterocycles. The monoisotopic (exact) mass is 254 g/mol. The average Bonchev–Trinajstić information content (AvgIpc) is 2.38. The van der Waals surface area contributed by atoms with Crippen LogP contribution >= 0.6 is 0 Å². The summed E-state index contributed by atoms with van der Waals surface area (Å²) in [5, 5.41) is 0. The van der Waals surface area contributed by atoms with Crippen LogP contribution in [0.1, 0.15) is 46.0 Å². The van der Waals surface area contributed by atoms with Gasteiger partial charge in [-0.1, -0.05) is 18.9 Å². The summed E-state index contributed by atoms with van der Waals surface area (Å²) in [4.78, 5) is 2.46. The molecule has 2 N–H and O–H groups in total. The van der Waals surface area contributed by atoms with E-state index in [0.717, 1.165) is 32.5 Å². The molecule has 1 aliphatic heterocycles. The van der Waals surface area contributed by atoms with Gasteiger partial charge in [0.25, 0.3) is 0 Å². The topological polar surface area (TPSA) is 38.5 Å². The van der Waals surface area contributed by atoms with Crippen LogP contribution in [0.2, 0.25) is 0 Å². The second-order valence-electron chi connectivity index (χ2n) is 5.59. The van der Waals surface area contributed by atoms with Gasteiger partial charge in [0.05, 0.1) is 12.7 Å². The van der Waals surface area contributed by atoms with E-state index in [1.165, 1.54) is 19.3 Å². The Balaban J connectivity index is 2.19. The Morgan fingerprint density at radius 1 is 1.39 bits per heavy atom. The lowest BCUT2D eigenvalue weighted by Crippen LogP contribution is -2.52. The summed E-state index contributed by atoms with van der Waals surface area (Å²) < 4.78 is 5.82. The molecule has 106 valence electrons. The van der Waals surface area contributed by atoms with Crippen molar-refractivity contribution < 1.29 is 4.74 Å². The Kier molecular flexibility index (Phi) is 7.56. The van der Waals surface area contributed by atoms with Crippen LogP contribution < -0.4 is 5.73 Å². The van der Waals surface area contributed by atoms with Gasteiger partial charge in [0.15, 0.2) is 0 Å². The number of ether oxygens (including phenoxy) is 1. The molecule has 1 rings (SSSR count). The van der Waals surface area contributed by atoms with Crippen molar-refractivity contribution in [3.63, 3.8) is 0 Å². The van der Waals surface area contributed by atoms with Crippen molar-refractivity contribution in [3.05, 3.63) is 12.7 Å². The highest BCUT2D eigenvalue weighted by atomic mass is 16.5. The molecule has 18 heavy (non-hydrogen) atoms. The Labute approximate surface area is 112 Å². The second-order valence-corrected chi connectivity index (χ2v) is 5.59. The lowest BCUT2D eigenvalue weighted by molar-refractivity contribution is -0.0509. The molecule has 0 aromatic rings. The van der Waals surface area contributed by atoms with Gasteiger partial charge in [-0.25, -0.2) is 0 Å². The van der Waals surface area contributed by atoms with E-state index in [1.54, 1.807) is 0 Å². The molecule has 1 aliphatic rings. The molecule has 1 saturated heterocycles. The van der Waals surface area contributed by atoms with Gasteiger partial charge in [0, 0.05) is 25.2 Å². The fourth-order valence-electron chi connectivity index (χ4n) is 2.46. The van der Waals surface area contributed by atoms with Crippen LogP contribution in [0.5, 0.6) is 0 Å². The zero-order valence-corrected chi connectivity index (χ0v) is 12.1. The van der Waals surface area contributed by atoms with Crippen LogP contribution in [-0.2, 0) is 4.74 Å². The molecule has 0 aromatic carbocycles. The van der Waals surface area contributed by atoms with Gasteiger partial charge >= 0.3 is 0 Å². The number of hydrogen-bond acceptors (Lipinski definition) is 3. The van der Waals surface area contributed by atoms with Crippen molar-refractivity contribution in [2.45, 2.75) is 64.1 Å². The Hall–Kier alpha value is -0.380. The summed E-state index contributed by atoms with van der Waals surface area (Å²) in [7, 11) is 0. The maximum Gasteiger partial charge on any atom is 0.0853 e. The normalized spacial score (nSPS) is 23.2. The van der Waals surface area contributed by atoms with E-state index < -0.39 is 0 Å². The van der Waals surface area contributed by atoms with Crippen LogP contribution in [0.3, 0.4) is 0 Å². The number of nitrogens with zero attached hydrogens (tertiary/aromatic N) is 1. The van der Waals surface area contributed by atoms with E-state index in [4.69, 9.17) is 10.5 Å². The van der Waals surface area contributed by atoms with Gasteiger partial charge in [0.1, 0.15) is 0 Å². The highest BCUT2D eigenvalue weighted by Gasteiger charge is 2.26. The van der Waals surface area contributed by atoms with Crippen LogP contribution in [0.4, 0.5) is 0 Å². The molecular weight excluding hydrogens is 224 g/mol. The molecule has 0 aliphatic carbocycles. The quantitative estimate of drug-likeness (QED) is 0.534. The van der Waals surface area contributed by atoms with Crippen molar-refractivity contribution >= 4 is 0 Å². The van der Waals surface area contributed by atoms with Gasteiger partial charge in [-0.3, -0.25) is 4.90 Å². The van der Waals surface area contributed by atoms with Crippen molar-refractivity contribution in [2.75, 3.05) is 19.7 Å². The van der Waals surface area contributed by atoms with Gasteiger partial charge in [0.2, 0.25) is 0 Å². The van der Waals surface area contributed by atoms with Crippen LogP contribution in [0, 0.1) is 0 Å². The van der Waals surface area contributed by atoms with E-state index in [1.807, 2.05) is 6.08 Å². The maximum absolute atomic E-state index is 6.25. The molecule has 1 heterocycles. The lowest BCUT2D eigenvalue weighted by atomic mass is 10.0. The van der Waals surface area contributed by atoms with Crippen molar-refractivity contribution in [1.29, 1.82) is 0 Å². The first-order chi connectivity index (χ1) is 8.65. The largest absolute Gasteiger partial charge is 0.374 e. The molecule has 0 saturated carbocycles. The minimum atomic E-state index is 0.190. The third kappa shape index (κ3) is 5.51. The molecule has 3 heteroatoms. The van der Waals surface area contributed by atoms with Crippen LogP contribution in [-0.4, -0.2) is 42.8 Å². The standard InChI is InChI=1S/C15H30N2O/c1-4-5-6-7-8-9-14(16)15-12-17(13(2)3)10-11-18-15/h4,13-15H,1,5-12,16H2,2-3H3. The maximum atomic E-state index is 6.25. The van der Waals surface area contributed by atoms with Crippen LogP contribution in [0.25, 0.3) is 0 Å². The van der Waals surface area contributed by atoms with E-state index in [-0.39, 0.29) is 12.1 Å². The number of rotatable bonds is 8. The fourth-order valence-corrected chi connectivity index (χ4v) is 2.46. The third-order valence-corrected chi connectivity index (χ3v) is 3.78. The van der Waals surface area contributed by atoms with E-state index in [9.17, 15) is 0 Å². The molecule has 2 unspecified atom stereocenters. The zero-order valence-electron chi connectivity index (χ0n) is 12.1. The molecular formula is C15H30N2O. The van der Waals surface area contributed by atoms with Gasteiger partial charge in [-0.2, -0.15) is 0 Å². The molecule has 0 radical (unpaired) electrons. The van der Waals surface area contributed by atoms with Crippen LogP contribution in [0.15, 0.2) is 12.7 Å². The molecule has 3 nitrogen and oxygen atoms in total. The van der Waals surface area contributed by atoms with E-state index in [2.05, 4.69) is 25.3 Å². The summed E-state index contributed by atoms with van der Waals surface area (Å²) in [6, 6.07) is 0.784. The fraction of sp³-hybridized carbons (Fsp3) is 0.867. The van der Waals surface area contributed by atoms with Gasteiger partial charge < -0.3 is 10.5 Å². The molecule has 2 atom stereocenters. The summed E-state index contributed by atoms with van der Waals surface area (Å²) >= 11 is 0. The summed E-state index contributed by atoms with van der Waals surface area (Å²) in [6.45, 7) is 11.1. The second kappa shape index (κ2) is 8.68. The first-order valence-electron chi connectivity index (χ1n) is 7.37. The Morgan fingerprint density at radius 3 is 2.83 bits per heavy atom. The highest BCUT2D eigenvalue weighted by molar-refractivity contribution is 4.82. The Bertz CT molecular complexity index is 231. The summed E-state index contributed by atoms with van der Waals surface area (Å²) in [5.41, 5.74) is 6.25. The van der Waals surface area contributed by atoms with E-state index >= 15 is 0 Å². The smallest absolute Gasteiger partial charge is 0.0853 e. The number of unbranched alkanes of at least 4 members (excludes halogenated alkanes) is 3.